The molecule has 1 unspecified atom stereocenters. The van der Waals surface area contributed by atoms with Crippen LogP contribution in [-0.2, 0) is 9.53 Å². The van der Waals surface area contributed by atoms with Crippen molar-refractivity contribution < 1.29 is 14.6 Å². The molecule has 2 aliphatic heterocycles. The van der Waals surface area contributed by atoms with Crippen LogP contribution in [0.2, 0.25) is 0 Å². The molecule has 1 spiro atoms. The highest BCUT2D eigenvalue weighted by atomic mass is 35.5. The summed E-state index contributed by atoms with van der Waals surface area (Å²) < 4.78 is 5.81. The zero-order chi connectivity index (χ0) is 11.6. The monoisotopic (exact) mass is 247 g/mol. The van der Waals surface area contributed by atoms with E-state index in [2.05, 4.69) is 0 Å². The minimum atomic E-state index is -0.246. The van der Waals surface area contributed by atoms with E-state index in [-0.39, 0.29) is 23.5 Å². The largest absolute Gasteiger partial charge is 0.393 e. The minimum absolute atomic E-state index is 0.00660. The lowest BCUT2D eigenvalue weighted by Gasteiger charge is -2.45. The molecule has 0 aliphatic carbocycles. The number of piperidine rings is 1. The Balaban J connectivity index is 1.90. The van der Waals surface area contributed by atoms with Crippen molar-refractivity contribution in [1.82, 2.24) is 4.90 Å². The van der Waals surface area contributed by atoms with Gasteiger partial charge in [0.2, 0.25) is 5.91 Å². The summed E-state index contributed by atoms with van der Waals surface area (Å²) in [6.07, 6.45) is 2.81. The van der Waals surface area contributed by atoms with Crippen LogP contribution in [0.4, 0.5) is 0 Å². The van der Waals surface area contributed by atoms with Crippen LogP contribution >= 0.6 is 11.6 Å². The third kappa shape index (κ3) is 2.50. The van der Waals surface area contributed by atoms with Crippen LogP contribution < -0.4 is 0 Å². The molecule has 2 heterocycles. The summed E-state index contributed by atoms with van der Waals surface area (Å²) in [4.78, 5) is 13.2. The number of aliphatic hydroxyl groups is 1. The number of nitrogens with zero attached hydrogens (tertiary/aromatic N) is 1. The highest BCUT2D eigenvalue weighted by Crippen LogP contribution is 2.34. The van der Waals surface area contributed by atoms with Crippen molar-refractivity contribution in [3.8, 4) is 0 Å². The first kappa shape index (κ1) is 12.1. The zero-order valence-corrected chi connectivity index (χ0v) is 10.1. The molecule has 16 heavy (non-hydrogen) atoms. The maximum atomic E-state index is 11.4. The molecule has 0 bridgehead atoms. The Hall–Kier alpha value is -0.320. The first-order valence-electron chi connectivity index (χ1n) is 5.81. The van der Waals surface area contributed by atoms with Crippen molar-refractivity contribution >= 4 is 17.5 Å². The van der Waals surface area contributed by atoms with Gasteiger partial charge in [0, 0.05) is 26.1 Å². The first-order chi connectivity index (χ1) is 7.65. The van der Waals surface area contributed by atoms with E-state index >= 15 is 0 Å². The van der Waals surface area contributed by atoms with Crippen molar-refractivity contribution in [2.45, 2.75) is 37.4 Å². The van der Waals surface area contributed by atoms with E-state index in [1.807, 2.05) is 0 Å². The lowest BCUT2D eigenvalue weighted by molar-refractivity contribution is -0.152. The van der Waals surface area contributed by atoms with Crippen LogP contribution in [-0.4, -0.2) is 53.2 Å². The van der Waals surface area contributed by atoms with E-state index in [9.17, 15) is 9.90 Å². The van der Waals surface area contributed by atoms with Gasteiger partial charge in [-0.1, -0.05) is 0 Å². The highest BCUT2D eigenvalue weighted by Gasteiger charge is 2.40. The van der Waals surface area contributed by atoms with Crippen LogP contribution in [0.25, 0.3) is 0 Å². The summed E-state index contributed by atoms with van der Waals surface area (Å²) in [5.74, 6) is 0.0455. The summed E-state index contributed by atoms with van der Waals surface area (Å²) in [6.45, 7) is 2.02. The second-order valence-corrected chi connectivity index (χ2v) is 4.96. The predicted molar refractivity (Wildman–Crippen MR) is 60.5 cm³/mol. The van der Waals surface area contributed by atoms with Gasteiger partial charge in [-0.25, -0.2) is 0 Å². The van der Waals surface area contributed by atoms with Gasteiger partial charge in [0.25, 0.3) is 0 Å². The third-order valence-electron chi connectivity index (χ3n) is 3.61. The molecule has 0 saturated carbocycles. The lowest BCUT2D eigenvalue weighted by atomic mass is 9.83. The number of aliphatic hydroxyl groups excluding tert-OH is 1. The molecule has 92 valence electrons. The second kappa shape index (κ2) is 4.90. The van der Waals surface area contributed by atoms with Crippen molar-refractivity contribution in [2.24, 2.45) is 0 Å². The van der Waals surface area contributed by atoms with Gasteiger partial charge in [-0.2, -0.15) is 0 Å². The van der Waals surface area contributed by atoms with Crippen LogP contribution in [0.3, 0.4) is 0 Å². The summed E-state index contributed by atoms with van der Waals surface area (Å²) in [6, 6.07) is 0. The highest BCUT2D eigenvalue weighted by molar-refractivity contribution is 6.27. The minimum Gasteiger partial charge on any atom is -0.393 e. The van der Waals surface area contributed by atoms with Crippen molar-refractivity contribution in [3.05, 3.63) is 0 Å². The second-order valence-electron chi connectivity index (χ2n) is 4.69. The van der Waals surface area contributed by atoms with Gasteiger partial charge in [-0.15, -0.1) is 11.6 Å². The van der Waals surface area contributed by atoms with E-state index < -0.39 is 0 Å². The fraction of sp³-hybridized carbons (Fsp3) is 0.909. The average Bonchev–Trinajstić information content (AvgIpc) is 2.29. The molecule has 2 rings (SSSR count). The van der Waals surface area contributed by atoms with Gasteiger partial charge in [-0.05, 0) is 19.3 Å². The summed E-state index contributed by atoms with van der Waals surface area (Å²) >= 11 is 5.52. The summed E-state index contributed by atoms with van der Waals surface area (Å²) in [5.41, 5.74) is -0.194. The Morgan fingerprint density at radius 2 is 2.19 bits per heavy atom. The summed E-state index contributed by atoms with van der Waals surface area (Å²) in [5, 5.41) is 9.67. The molecule has 0 aromatic carbocycles. The van der Waals surface area contributed by atoms with Gasteiger partial charge < -0.3 is 14.7 Å². The molecule has 2 saturated heterocycles. The van der Waals surface area contributed by atoms with Crippen molar-refractivity contribution in [3.63, 3.8) is 0 Å². The Morgan fingerprint density at radius 3 is 2.75 bits per heavy atom. The van der Waals surface area contributed by atoms with Gasteiger partial charge >= 0.3 is 0 Å². The van der Waals surface area contributed by atoms with Gasteiger partial charge in [0.1, 0.15) is 5.88 Å². The quantitative estimate of drug-likeness (QED) is 0.696. The zero-order valence-electron chi connectivity index (χ0n) is 9.32. The first-order valence-corrected chi connectivity index (χ1v) is 6.34. The molecule has 5 heteroatoms. The molecular weight excluding hydrogens is 230 g/mol. The van der Waals surface area contributed by atoms with Crippen LogP contribution in [0, 0.1) is 0 Å². The standard InChI is InChI=1S/C11H18ClNO3/c12-8-10(15)13-4-2-11(3-5-13)7-9(14)1-6-16-11/h9,14H,1-8H2. The number of carbonyl (C=O) groups excluding carboxylic acids is 1. The van der Waals surface area contributed by atoms with Crippen LogP contribution in [0.15, 0.2) is 0 Å². The molecule has 0 radical (unpaired) electrons. The fourth-order valence-electron chi connectivity index (χ4n) is 2.60. The van der Waals surface area contributed by atoms with E-state index in [1.165, 1.54) is 0 Å². The molecule has 2 aliphatic rings. The Bertz CT molecular complexity index is 264. The van der Waals surface area contributed by atoms with Crippen LogP contribution in [0.1, 0.15) is 25.7 Å². The average molecular weight is 248 g/mol. The number of ether oxygens (including phenoxy) is 1. The molecule has 2 fully saturated rings. The number of carbonyl (C=O) groups is 1. The molecule has 1 amide bonds. The number of hydrogen-bond acceptors (Lipinski definition) is 3. The topological polar surface area (TPSA) is 49.8 Å². The molecular formula is C11H18ClNO3. The number of alkyl halides is 1. The van der Waals surface area contributed by atoms with Gasteiger partial charge in [0.05, 0.1) is 11.7 Å². The number of halogens is 1. The van der Waals surface area contributed by atoms with E-state index in [4.69, 9.17) is 16.3 Å². The number of amides is 1. The molecule has 1 atom stereocenters. The lowest BCUT2D eigenvalue weighted by Crippen LogP contribution is -2.51. The summed E-state index contributed by atoms with van der Waals surface area (Å²) in [7, 11) is 0. The van der Waals surface area contributed by atoms with E-state index in [0.29, 0.717) is 26.1 Å². The maximum Gasteiger partial charge on any atom is 0.237 e. The number of rotatable bonds is 1. The molecule has 4 nitrogen and oxygen atoms in total. The van der Waals surface area contributed by atoms with Crippen molar-refractivity contribution in [2.75, 3.05) is 25.6 Å². The fourth-order valence-corrected chi connectivity index (χ4v) is 2.77. The van der Waals surface area contributed by atoms with Gasteiger partial charge in [0.15, 0.2) is 0 Å². The Kier molecular flexibility index (Phi) is 3.72. The van der Waals surface area contributed by atoms with Crippen LogP contribution in [0.5, 0.6) is 0 Å². The number of hydrogen-bond donors (Lipinski definition) is 1. The molecule has 0 aromatic heterocycles. The molecule has 0 aromatic rings. The maximum absolute atomic E-state index is 11.4. The SMILES string of the molecule is O=C(CCl)N1CCC2(CC1)CC(O)CCO2. The molecule has 1 N–H and O–H groups in total. The Morgan fingerprint density at radius 1 is 1.50 bits per heavy atom. The number of likely N-dealkylation sites (tertiary alicyclic amines) is 1. The Labute approximate surface area is 101 Å². The van der Waals surface area contributed by atoms with Crippen molar-refractivity contribution in [1.29, 1.82) is 0 Å². The third-order valence-corrected chi connectivity index (χ3v) is 3.84. The van der Waals surface area contributed by atoms with Gasteiger partial charge in [-0.3, -0.25) is 4.79 Å². The normalized spacial score (nSPS) is 29.4. The predicted octanol–water partition coefficient (Wildman–Crippen LogP) is 0.758. The van der Waals surface area contributed by atoms with E-state index in [1.54, 1.807) is 4.90 Å². The smallest absolute Gasteiger partial charge is 0.237 e. The van der Waals surface area contributed by atoms with E-state index in [0.717, 1.165) is 19.3 Å².